The minimum absolute atomic E-state index is 0.0329. The molecular weight excluding hydrogens is 457 g/mol. The molecule has 2 N–H and O–H groups in total. The van der Waals surface area contributed by atoms with Gasteiger partial charge in [-0.15, -0.1) is 0 Å². The first-order valence-electron chi connectivity index (χ1n) is 10.4. The van der Waals surface area contributed by atoms with Crippen molar-refractivity contribution in [3.05, 3.63) is 58.9 Å². The summed E-state index contributed by atoms with van der Waals surface area (Å²) >= 11 is 11.9. The van der Waals surface area contributed by atoms with Crippen LogP contribution in [0.4, 0.5) is 18.9 Å². The number of anilines is 1. The standard InChI is InChI=1S/C23H28ClF3N4S/c1-21(2)11-17(12-22(3,4)30-21)31(14-15-6-5-9-28-13-15)20(32)29-19-8-7-16(10-18(19)24)23(25,26)27/h5-10,13,17,30H,11-12,14H2,1-4H3,(H,29,32). The molecule has 0 spiro atoms. The SMILES string of the molecule is CC1(C)CC(N(Cc2cccnc2)C(=S)Nc2ccc(C(F)(F)F)cc2Cl)CC(C)(C)N1. The van der Waals surface area contributed by atoms with Gasteiger partial charge in [-0.05, 0) is 82.6 Å². The van der Waals surface area contributed by atoms with Crippen LogP contribution in [0.2, 0.25) is 5.02 Å². The van der Waals surface area contributed by atoms with Crippen LogP contribution in [0.5, 0.6) is 0 Å². The fraction of sp³-hybridized carbons (Fsp3) is 0.478. The highest BCUT2D eigenvalue weighted by atomic mass is 35.5. The molecule has 1 aromatic heterocycles. The zero-order valence-corrected chi connectivity index (χ0v) is 20.1. The summed E-state index contributed by atoms with van der Waals surface area (Å²) in [5.41, 5.74) is 0.313. The van der Waals surface area contributed by atoms with E-state index in [1.807, 2.05) is 12.1 Å². The van der Waals surface area contributed by atoms with Crippen molar-refractivity contribution in [2.75, 3.05) is 5.32 Å². The maximum absolute atomic E-state index is 13.0. The highest BCUT2D eigenvalue weighted by Gasteiger charge is 2.40. The van der Waals surface area contributed by atoms with Crippen molar-refractivity contribution in [1.82, 2.24) is 15.2 Å². The van der Waals surface area contributed by atoms with E-state index >= 15 is 0 Å². The van der Waals surface area contributed by atoms with Crippen molar-refractivity contribution in [2.24, 2.45) is 0 Å². The van der Waals surface area contributed by atoms with Crippen LogP contribution in [0.15, 0.2) is 42.7 Å². The Morgan fingerprint density at radius 1 is 1.22 bits per heavy atom. The smallest absolute Gasteiger partial charge is 0.342 e. The van der Waals surface area contributed by atoms with E-state index in [0.29, 0.717) is 17.3 Å². The zero-order chi connectivity index (χ0) is 23.7. The van der Waals surface area contributed by atoms with E-state index in [1.54, 1.807) is 12.4 Å². The minimum Gasteiger partial charge on any atom is -0.342 e. The van der Waals surface area contributed by atoms with Crippen molar-refractivity contribution in [1.29, 1.82) is 0 Å². The van der Waals surface area contributed by atoms with Crippen LogP contribution in [0.25, 0.3) is 0 Å². The van der Waals surface area contributed by atoms with Crippen molar-refractivity contribution >= 4 is 34.6 Å². The molecule has 1 aliphatic rings. The van der Waals surface area contributed by atoms with Gasteiger partial charge in [0.2, 0.25) is 0 Å². The predicted molar refractivity (Wildman–Crippen MR) is 127 cm³/mol. The summed E-state index contributed by atoms with van der Waals surface area (Å²) in [6.45, 7) is 9.16. The van der Waals surface area contributed by atoms with Crippen molar-refractivity contribution in [2.45, 2.75) is 70.4 Å². The number of nitrogens with zero attached hydrogens (tertiary/aromatic N) is 2. The van der Waals surface area contributed by atoms with Gasteiger partial charge in [-0.25, -0.2) is 0 Å². The van der Waals surface area contributed by atoms with Gasteiger partial charge in [-0.3, -0.25) is 4.98 Å². The lowest BCUT2D eigenvalue weighted by Crippen LogP contribution is -2.63. The van der Waals surface area contributed by atoms with Gasteiger partial charge in [0.1, 0.15) is 0 Å². The van der Waals surface area contributed by atoms with Crippen LogP contribution in [0.1, 0.15) is 51.7 Å². The molecule has 2 aromatic rings. The number of nitrogens with one attached hydrogen (secondary N) is 2. The predicted octanol–water partition coefficient (Wildman–Crippen LogP) is 6.26. The quantitative estimate of drug-likeness (QED) is 0.501. The van der Waals surface area contributed by atoms with Gasteiger partial charge in [-0.2, -0.15) is 13.2 Å². The van der Waals surface area contributed by atoms with Gasteiger partial charge in [-0.1, -0.05) is 17.7 Å². The third kappa shape index (κ3) is 6.33. The number of alkyl halides is 3. The third-order valence-corrected chi connectivity index (χ3v) is 6.13. The summed E-state index contributed by atoms with van der Waals surface area (Å²) < 4.78 is 39.0. The number of aromatic nitrogens is 1. The maximum atomic E-state index is 13.0. The minimum atomic E-state index is -4.46. The Balaban J connectivity index is 1.89. The Morgan fingerprint density at radius 2 is 1.88 bits per heavy atom. The molecule has 0 atom stereocenters. The average Bonchev–Trinajstić information content (AvgIpc) is 2.65. The van der Waals surface area contributed by atoms with E-state index in [1.165, 1.54) is 6.07 Å². The molecule has 1 aromatic carbocycles. The molecule has 0 radical (unpaired) electrons. The summed E-state index contributed by atoms with van der Waals surface area (Å²) in [5.74, 6) is 0. The lowest BCUT2D eigenvalue weighted by molar-refractivity contribution is -0.137. The Labute approximate surface area is 197 Å². The van der Waals surface area contributed by atoms with Crippen molar-refractivity contribution in [3.8, 4) is 0 Å². The second-order valence-electron chi connectivity index (χ2n) is 9.57. The molecular formula is C23H28ClF3N4S. The molecule has 1 fully saturated rings. The molecule has 2 heterocycles. The van der Waals surface area contributed by atoms with Crippen LogP contribution in [0.3, 0.4) is 0 Å². The number of hydrogen-bond donors (Lipinski definition) is 2. The molecule has 0 saturated carbocycles. The summed E-state index contributed by atoms with van der Waals surface area (Å²) in [4.78, 5) is 6.29. The molecule has 0 amide bonds. The van der Waals surface area contributed by atoms with Gasteiger partial charge in [0.05, 0.1) is 16.3 Å². The fourth-order valence-corrected chi connectivity index (χ4v) is 5.08. The first kappa shape index (κ1) is 24.7. The van der Waals surface area contributed by atoms with Gasteiger partial charge in [0, 0.05) is 36.1 Å². The van der Waals surface area contributed by atoms with Gasteiger partial charge in [0.15, 0.2) is 5.11 Å². The van der Waals surface area contributed by atoms with E-state index in [4.69, 9.17) is 23.8 Å². The second kappa shape index (κ2) is 9.15. The molecule has 1 aliphatic heterocycles. The number of hydrogen-bond acceptors (Lipinski definition) is 3. The largest absolute Gasteiger partial charge is 0.416 e. The van der Waals surface area contributed by atoms with Crippen LogP contribution in [-0.4, -0.2) is 32.1 Å². The van der Waals surface area contributed by atoms with E-state index in [0.717, 1.165) is 30.5 Å². The van der Waals surface area contributed by atoms with Crippen molar-refractivity contribution < 1.29 is 13.2 Å². The van der Waals surface area contributed by atoms with E-state index < -0.39 is 11.7 Å². The topological polar surface area (TPSA) is 40.2 Å². The number of rotatable bonds is 4. The first-order chi connectivity index (χ1) is 14.8. The third-order valence-electron chi connectivity index (χ3n) is 5.48. The van der Waals surface area contributed by atoms with Crippen LogP contribution in [-0.2, 0) is 12.7 Å². The molecule has 3 rings (SSSR count). The van der Waals surface area contributed by atoms with Crippen LogP contribution in [0, 0.1) is 0 Å². The Hall–Kier alpha value is -1.90. The fourth-order valence-electron chi connectivity index (χ4n) is 4.52. The maximum Gasteiger partial charge on any atom is 0.416 e. The average molecular weight is 485 g/mol. The summed E-state index contributed by atoms with van der Waals surface area (Å²) in [6.07, 6.45) is 0.737. The zero-order valence-electron chi connectivity index (χ0n) is 18.6. The molecule has 0 bridgehead atoms. The van der Waals surface area contributed by atoms with Crippen molar-refractivity contribution in [3.63, 3.8) is 0 Å². The molecule has 0 unspecified atom stereocenters. The van der Waals surface area contributed by atoms with Gasteiger partial charge >= 0.3 is 6.18 Å². The Bertz CT molecular complexity index is 947. The van der Waals surface area contributed by atoms with E-state index in [2.05, 4.69) is 48.2 Å². The second-order valence-corrected chi connectivity index (χ2v) is 10.4. The number of halogens is 4. The highest BCUT2D eigenvalue weighted by molar-refractivity contribution is 7.80. The number of piperidine rings is 1. The Kier molecular flexibility index (Phi) is 7.08. The molecule has 9 heteroatoms. The molecule has 0 aliphatic carbocycles. The molecule has 174 valence electrons. The molecule has 1 saturated heterocycles. The van der Waals surface area contributed by atoms with E-state index in [9.17, 15) is 13.2 Å². The lowest BCUT2D eigenvalue weighted by Gasteiger charge is -2.50. The lowest BCUT2D eigenvalue weighted by atomic mass is 9.79. The number of pyridine rings is 1. The number of thiocarbonyl (C=S) groups is 1. The highest BCUT2D eigenvalue weighted by Crippen LogP contribution is 2.35. The Morgan fingerprint density at radius 3 is 2.41 bits per heavy atom. The van der Waals surface area contributed by atoms with Crippen LogP contribution >= 0.6 is 23.8 Å². The molecule has 32 heavy (non-hydrogen) atoms. The number of benzene rings is 1. The summed E-state index contributed by atoms with van der Waals surface area (Å²) in [6, 6.07) is 7.18. The summed E-state index contributed by atoms with van der Waals surface area (Å²) in [5, 5.41) is 7.13. The van der Waals surface area contributed by atoms with Gasteiger partial charge < -0.3 is 15.5 Å². The molecule has 4 nitrogen and oxygen atoms in total. The van der Waals surface area contributed by atoms with E-state index in [-0.39, 0.29) is 22.1 Å². The van der Waals surface area contributed by atoms with Gasteiger partial charge in [0.25, 0.3) is 0 Å². The first-order valence-corrected chi connectivity index (χ1v) is 11.2. The normalized spacial score (nSPS) is 18.2. The van der Waals surface area contributed by atoms with Crippen LogP contribution < -0.4 is 10.6 Å². The monoisotopic (exact) mass is 484 g/mol. The summed E-state index contributed by atoms with van der Waals surface area (Å²) in [7, 11) is 0.